The lowest BCUT2D eigenvalue weighted by molar-refractivity contribution is 0.243. The first kappa shape index (κ1) is 14.2. The van der Waals surface area contributed by atoms with Crippen LogP contribution in [0.5, 0.6) is 11.6 Å². The SMILES string of the molecule is COc1cccc(CNc2ccccc2OC(C)C)n1. The maximum absolute atomic E-state index is 5.77. The number of methoxy groups -OCH3 is 1. The molecule has 0 aliphatic heterocycles. The third-order valence-corrected chi connectivity index (χ3v) is 2.70. The molecule has 1 aromatic carbocycles. The average Bonchev–Trinajstić information content (AvgIpc) is 2.46. The third kappa shape index (κ3) is 3.88. The minimum absolute atomic E-state index is 0.146. The molecular weight excluding hydrogens is 252 g/mol. The van der Waals surface area contributed by atoms with Crippen LogP contribution in [-0.2, 0) is 6.54 Å². The Bertz CT molecular complexity index is 556. The van der Waals surface area contributed by atoms with Gasteiger partial charge in [-0.3, -0.25) is 0 Å². The van der Waals surface area contributed by atoms with E-state index >= 15 is 0 Å². The lowest BCUT2D eigenvalue weighted by Crippen LogP contribution is -2.09. The molecule has 1 heterocycles. The number of para-hydroxylation sites is 2. The number of aromatic nitrogens is 1. The molecule has 0 saturated heterocycles. The maximum Gasteiger partial charge on any atom is 0.213 e. The monoisotopic (exact) mass is 272 g/mol. The molecule has 0 amide bonds. The van der Waals surface area contributed by atoms with Crippen molar-refractivity contribution in [2.75, 3.05) is 12.4 Å². The minimum atomic E-state index is 0.146. The standard InChI is InChI=1S/C16H20N2O2/c1-12(2)20-15-9-5-4-8-14(15)17-11-13-7-6-10-16(18-13)19-3/h4-10,12,17H,11H2,1-3H3. The van der Waals surface area contributed by atoms with Crippen LogP contribution in [0.1, 0.15) is 19.5 Å². The van der Waals surface area contributed by atoms with Gasteiger partial charge in [-0.05, 0) is 32.0 Å². The summed E-state index contributed by atoms with van der Waals surface area (Å²) < 4.78 is 10.9. The summed E-state index contributed by atoms with van der Waals surface area (Å²) in [7, 11) is 1.62. The number of rotatable bonds is 6. The Kier molecular flexibility index (Phi) is 4.82. The van der Waals surface area contributed by atoms with Crippen molar-refractivity contribution in [3.05, 3.63) is 48.2 Å². The number of hydrogen-bond acceptors (Lipinski definition) is 4. The van der Waals surface area contributed by atoms with Crippen molar-refractivity contribution < 1.29 is 9.47 Å². The first-order valence-corrected chi connectivity index (χ1v) is 6.68. The van der Waals surface area contributed by atoms with Crippen LogP contribution in [-0.4, -0.2) is 18.2 Å². The number of anilines is 1. The number of nitrogens with zero attached hydrogens (tertiary/aromatic N) is 1. The van der Waals surface area contributed by atoms with E-state index in [1.54, 1.807) is 7.11 Å². The number of ether oxygens (including phenoxy) is 2. The van der Waals surface area contributed by atoms with Gasteiger partial charge in [0.1, 0.15) is 5.75 Å². The van der Waals surface area contributed by atoms with E-state index in [2.05, 4.69) is 10.3 Å². The number of benzene rings is 1. The molecule has 1 N–H and O–H groups in total. The van der Waals surface area contributed by atoms with Gasteiger partial charge in [0.25, 0.3) is 0 Å². The molecule has 0 radical (unpaired) electrons. The van der Waals surface area contributed by atoms with Gasteiger partial charge in [-0.2, -0.15) is 0 Å². The van der Waals surface area contributed by atoms with E-state index in [1.807, 2.05) is 56.3 Å². The molecule has 4 nitrogen and oxygen atoms in total. The van der Waals surface area contributed by atoms with Crippen molar-refractivity contribution in [1.82, 2.24) is 4.98 Å². The van der Waals surface area contributed by atoms with Gasteiger partial charge in [-0.15, -0.1) is 0 Å². The fraction of sp³-hybridized carbons (Fsp3) is 0.312. The zero-order valence-corrected chi connectivity index (χ0v) is 12.1. The summed E-state index contributed by atoms with van der Waals surface area (Å²) in [6, 6.07) is 13.6. The van der Waals surface area contributed by atoms with Crippen LogP contribution in [0.3, 0.4) is 0 Å². The molecule has 0 saturated carbocycles. The summed E-state index contributed by atoms with van der Waals surface area (Å²) in [6.07, 6.45) is 0.146. The van der Waals surface area contributed by atoms with E-state index in [4.69, 9.17) is 9.47 Å². The molecule has 0 aliphatic rings. The van der Waals surface area contributed by atoms with Crippen molar-refractivity contribution in [1.29, 1.82) is 0 Å². The maximum atomic E-state index is 5.77. The Balaban J connectivity index is 2.06. The zero-order valence-electron chi connectivity index (χ0n) is 12.1. The summed E-state index contributed by atoms with van der Waals surface area (Å²) >= 11 is 0. The Hall–Kier alpha value is -2.23. The quantitative estimate of drug-likeness (QED) is 0.874. The van der Waals surface area contributed by atoms with Gasteiger partial charge in [0.2, 0.25) is 5.88 Å². The summed E-state index contributed by atoms with van der Waals surface area (Å²) in [5.41, 5.74) is 1.88. The smallest absolute Gasteiger partial charge is 0.213 e. The molecule has 0 spiro atoms. The molecule has 4 heteroatoms. The predicted molar refractivity (Wildman–Crippen MR) is 80.3 cm³/mol. The fourth-order valence-electron chi connectivity index (χ4n) is 1.82. The Morgan fingerprint density at radius 1 is 1.10 bits per heavy atom. The molecular formula is C16H20N2O2. The van der Waals surface area contributed by atoms with Crippen LogP contribution in [0.4, 0.5) is 5.69 Å². The predicted octanol–water partition coefficient (Wildman–Crippen LogP) is 3.49. The van der Waals surface area contributed by atoms with Crippen LogP contribution < -0.4 is 14.8 Å². The van der Waals surface area contributed by atoms with E-state index in [9.17, 15) is 0 Å². The van der Waals surface area contributed by atoms with Gasteiger partial charge >= 0.3 is 0 Å². The van der Waals surface area contributed by atoms with Crippen molar-refractivity contribution in [2.45, 2.75) is 26.5 Å². The number of hydrogen-bond donors (Lipinski definition) is 1. The average molecular weight is 272 g/mol. The molecule has 0 atom stereocenters. The molecule has 0 fully saturated rings. The second-order valence-electron chi connectivity index (χ2n) is 4.69. The van der Waals surface area contributed by atoms with Crippen LogP contribution in [0, 0.1) is 0 Å². The first-order chi connectivity index (χ1) is 9.69. The molecule has 20 heavy (non-hydrogen) atoms. The lowest BCUT2D eigenvalue weighted by atomic mass is 10.2. The molecule has 106 valence electrons. The highest BCUT2D eigenvalue weighted by Crippen LogP contribution is 2.25. The topological polar surface area (TPSA) is 43.4 Å². The van der Waals surface area contributed by atoms with Crippen molar-refractivity contribution in [2.24, 2.45) is 0 Å². The van der Waals surface area contributed by atoms with Crippen molar-refractivity contribution in [3.63, 3.8) is 0 Å². The first-order valence-electron chi connectivity index (χ1n) is 6.68. The van der Waals surface area contributed by atoms with Crippen LogP contribution >= 0.6 is 0 Å². The second-order valence-corrected chi connectivity index (χ2v) is 4.69. The van der Waals surface area contributed by atoms with Crippen LogP contribution in [0.2, 0.25) is 0 Å². The van der Waals surface area contributed by atoms with Crippen molar-refractivity contribution >= 4 is 5.69 Å². The Labute approximate surface area is 119 Å². The van der Waals surface area contributed by atoms with Gasteiger partial charge in [-0.1, -0.05) is 18.2 Å². The highest BCUT2D eigenvalue weighted by atomic mass is 16.5. The van der Waals surface area contributed by atoms with E-state index in [0.717, 1.165) is 17.1 Å². The molecule has 1 aromatic heterocycles. The van der Waals surface area contributed by atoms with E-state index in [0.29, 0.717) is 12.4 Å². The minimum Gasteiger partial charge on any atom is -0.489 e. The molecule has 2 rings (SSSR count). The largest absolute Gasteiger partial charge is 0.489 e. The third-order valence-electron chi connectivity index (χ3n) is 2.70. The number of pyridine rings is 1. The van der Waals surface area contributed by atoms with Gasteiger partial charge in [0.15, 0.2) is 0 Å². The molecule has 0 aliphatic carbocycles. The summed E-state index contributed by atoms with van der Waals surface area (Å²) in [6.45, 7) is 4.65. The Morgan fingerprint density at radius 3 is 2.65 bits per heavy atom. The highest BCUT2D eigenvalue weighted by molar-refractivity contribution is 5.56. The molecule has 0 bridgehead atoms. The van der Waals surface area contributed by atoms with E-state index in [1.165, 1.54) is 0 Å². The summed E-state index contributed by atoms with van der Waals surface area (Å²) in [5.74, 6) is 1.47. The number of nitrogens with one attached hydrogen (secondary N) is 1. The molecule has 0 unspecified atom stereocenters. The van der Waals surface area contributed by atoms with Gasteiger partial charge in [0, 0.05) is 6.07 Å². The normalized spacial score (nSPS) is 10.4. The highest BCUT2D eigenvalue weighted by Gasteiger charge is 2.05. The Morgan fingerprint density at radius 2 is 1.90 bits per heavy atom. The van der Waals surface area contributed by atoms with E-state index < -0.39 is 0 Å². The van der Waals surface area contributed by atoms with E-state index in [-0.39, 0.29) is 6.10 Å². The van der Waals surface area contributed by atoms with Crippen LogP contribution in [0.25, 0.3) is 0 Å². The van der Waals surface area contributed by atoms with Crippen LogP contribution in [0.15, 0.2) is 42.5 Å². The second kappa shape index (κ2) is 6.80. The lowest BCUT2D eigenvalue weighted by Gasteiger charge is -2.15. The summed E-state index contributed by atoms with van der Waals surface area (Å²) in [5, 5.41) is 3.34. The van der Waals surface area contributed by atoms with Gasteiger partial charge < -0.3 is 14.8 Å². The van der Waals surface area contributed by atoms with Crippen molar-refractivity contribution in [3.8, 4) is 11.6 Å². The van der Waals surface area contributed by atoms with Gasteiger partial charge in [0.05, 0.1) is 31.1 Å². The summed E-state index contributed by atoms with van der Waals surface area (Å²) in [4.78, 5) is 4.37. The zero-order chi connectivity index (χ0) is 14.4. The molecule has 2 aromatic rings. The van der Waals surface area contributed by atoms with Gasteiger partial charge in [-0.25, -0.2) is 4.98 Å². The fourth-order valence-corrected chi connectivity index (χ4v) is 1.82.